The zero-order valence-corrected chi connectivity index (χ0v) is 7.31. The van der Waals surface area contributed by atoms with Crippen LogP contribution in [0.4, 0.5) is 5.69 Å². The van der Waals surface area contributed by atoms with Gasteiger partial charge >= 0.3 is 0 Å². The summed E-state index contributed by atoms with van der Waals surface area (Å²) in [5.74, 6) is 0. The summed E-state index contributed by atoms with van der Waals surface area (Å²) in [6.07, 6.45) is 1.68. The molecule has 0 bridgehead atoms. The first-order valence-corrected chi connectivity index (χ1v) is 4.05. The minimum absolute atomic E-state index is 0.769. The van der Waals surface area contributed by atoms with Crippen molar-refractivity contribution in [2.45, 2.75) is 0 Å². The monoisotopic (exact) mass is 174 g/mol. The summed E-state index contributed by atoms with van der Waals surface area (Å²) in [4.78, 5) is 4.19. The number of benzene rings is 1. The molecule has 0 aliphatic heterocycles. The van der Waals surface area contributed by atoms with E-state index in [-0.39, 0.29) is 0 Å². The molecule has 0 radical (unpaired) electrons. The minimum atomic E-state index is 0.769. The Morgan fingerprint density at radius 3 is 2.77 bits per heavy atom. The van der Waals surface area contributed by atoms with Crippen molar-refractivity contribution < 1.29 is 5.21 Å². The number of nitrogens with zero attached hydrogens (tertiary/aromatic N) is 2. The van der Waals surface area contributed by atoms with Gasteiger partial charge in [0.05, 0.1) is 11.2 Å². The van der Waals surface area contributed by atoms with Crippen LogP contribution in [0.1, 0.15) is 0 Å². The molecule has 0 aliphatic carbocycles. The zero-order chi connectivity index (χ0) is 9.26. The molecule has 0 spiro atoms. The summed E-state index contributed by atoms with van der Waals surface area (Å²) in [7, 11) is 1.60. The Hall–Kier alpha value is -1.61. The van der Waals surface area contributed by atoms with Crippen molar-refractivity contribution in [1.82, 2.24) is 4.98 Å². The second-order valence-electron chi connectivity index (χ2n) is 2.87. The van der Waals surface area contributed by atoms with Gasteiger partial charge in [0, 0.05) is 18.6 Å². The van der Waals surface area contributed by atoms with E-state index in [1.807, 2.05) is 24.3 Å². The fourth-order valence-corrected chi connectivity index (χ4v) is 1.36. The number of para-hydroxylation sites is 1. The first-order chi connectivity index (χ1) is 6.29. The van der Waals surface area contributed by atoms with Crippen LogP contribution in [0.3, 0.4) is 0 Å². The molecule has 0 aliphatic rings. The molecule has 1 aromatic heterocycles. The van der Waals surface area contributed by atoms with Crippen molar-refractivity contribution in [1.29, 1.82) is 0 Å². The summed E-state index contributed by atoms with van der Waals surface area (Å²) < 4.78 is 0. The quantitative estimate of drug-likeness (QED) is 0.672. The number of pyridine rings is 1. The molecule has 66 valence electrons. The molecule has 0 atom stereocenters. The number of aromatic nitrogens is 1. The van der Waals surface area contributed by atoms with Gasteiger partial charge in [0.15, 0.2) is 0 Å². The van der Waals surface area contributed by atoms with Gasteiger partial charge in [-0.15, -0.1) is 0 Å². The third kappa shape index (κ3) is 1.34. The van der Waals surface area contributed by atoms with Crippen molar-refractivity contribution >= 4 is 16.6 Å². The first kappa shape index (κ1) is 8.01. The maximum absolute atomic E-state index is 9.33. The Balaban J connectivity index is 2.76. The van der Waals surface area contributed by atoms with E-state index in [1.54, 1.807) is 19.3 Å². The van der Waals surface area contributed by atoms with Crippen LogP contribution in [-0.2, 0) is 0 Å². The molecule has 0 fully saturated rings. The van der Waals surface area contributed by atoms with E-state index in [0.717, 1.165) is 21.7 Å². The second kappa shape index (κ2) is 3.03. The summed E-state index contributed by atoms with van der Waals surface area (Å²) in [6.45, 7) is 0. The van der Waals surface area contributed by atoms with Gasteiger partial charge in [-0.05, 0) is 12.1 Å². The van der Waals surface area contributed by atoms with Crippen LogP contribution < -0.4 is 5.06 Å². The molecule has 1 heterocycles. The average Bonchev–Trinajstić information content (AvgIpc) is 2.17. The summed E-state index contributed by atoms with van der Waals surface area (Å²) >= 11 is 0. The molecular weight excluding hydrogens is 164 g/mol. The fraction of sp³-hybridized carbons (Fsp3) is 0.100. The lowest BCUT2D eigenvalue weighted by atomic mass is 10.2. The van der Waals surface area contributed by atoms with Gasteiger partial charge in [-0.1, -0.05) is 18.2 Å². The van der Waals surface area contributed by atoms with Crippen LogP contribution in [0.25, 0.3) is 10.9 Å². The molecule has 1 N–H and O–H groups in total. The van der Waals surface area contributed by atoms with Crippen molar-refractivity contribution in [2.24, 2.45) is 0 Å². The van der Waals surface area contributed by atoms with E-state index in [4.69, 9.17) is 0 Å². The Kier molecular flexibility index (Phi) is 1.87. The van der Waals surface area contributed by atoms with Crippen LogP contribution in [0.5, 0.6) is 0 Å². The van der Waals surface area contributed by atoms with Crippen molar-refractivity contribution in [3.63, 3.8) is 0 Å². The predicted molar refractivity (Wildman–Crippen MR) is 51.9 cm³/mol. The Morgan fingerprint density at radius 1 is 1.23 bits per heavy atom. The van der Waals surface area contributed by atoms with Crippen molar-refractivity contribution in [2.75, 3.05) is 12.1 Å². The average molecular weight is 174 g/mol. The molecule has 0 saturated heterocycles. The fourth-order valence-electron chi connectivity index (χ4n) is 1.36. The zero-order valence-electron chi connectivity index (χ0n) is 7.31. The number of hydrogen-bond acceptors (Lipinski definition) is 3. The maximum atomic E-state index is 9.33. The Morgan fingerprint density at radius 2 is 2.00 bits per heavy atom. The number of hydroxylamine groups is 1. The third-order valence-corrected chi connectivity index (χ3v) is 1.97. The highest BCUT2D eigenvalue weighted by molar-refractivity contribution is 5.90. The van der Waals surface area contributed by atoms with E-state index in [2.05, 4.69) is 4.98 Å². The molecule has 2 aromatic rings. The minimum Gasteiger partial charge on any atom is -0.289 e. The molecular formula is C10H10N2O. The lowest BCUT2D eigenvalue weighted by Gasteiger charge is -2.12. The predicted octanol–water partition coefficient (Wildman–Crippen LogP) is 2.06. The number of anilines is 1. The summed E-state index contributed by atoms with van der Waals surface area (Å²) in [5, 5.41) is 11.4. The van der Waals surface area contributed by atoms with E-state index >= 15 is 0 Å². The highest BCUT2D eigenvalue weighted by Crippen LogP contribution is 2.22. The lowest BCUT2D eigenvalue weighted by Crippen LogP contribution is -2.10. The molecule has 3 nitrogen and oxygen atoms in total. The molecule has 0 saturated carbocycles. The molecule has 1 aromatic carbocycles. The van der Waals surface area contributed by atoms with Crippen LogP contribution in [0.15, 0.2) is 36.5 Å². The van der Waals surface area contributed by atoms with Crippen LogP contribution >= 0.6 is 0 Å². The highest BCUT2D eigenvalue weighted by Gasteiger charge is 2.02. The molecule has 0 unspecified atom stereocenters. The topological polar surface area (TPSA) is 36.4 Å². The second-order valence-corrected chi connectivity index (χ2v) is 2.87. The largest absolute Gasteiger partial charge is 0.289 e. The van der Waals surface area contributed by atoms with Gasteiger partial charge < -0.3 is 0 Å². The van der Waals surface area contributed by atoms with Crippen LogP contribution in [-0.4, -0.2) is 17.2 Å². The van der Waals surface area contributed by atoms with Crippen molar-refractivity contribution in [3.8, 4) is 0 Å². The molecule has 0 amide bonds. The van der Waals surface area contributed by atoms with E-state index in [0.29, 0.717) is 0 Å². The Labute approximate surface area is 76.2 Å². The number of fused-ring (bicyclic) bond motifs is 1. The maximum Gasteiger partial charge on any atom is 0.0740 e. The van der Waals surface area contributed by atoms with Crippen LogP contribution in [0.2, 0.25) is 0 Å². The SMILES string of the molecule is CN(O)c1ccnc2ccccc12. The third-order valence-electron chi connectivity index (χ3n) is 1.97. The van der Waals surface area contributed by atoms with Crippen LogP contribution in [0, 0.1) is 0 Å². The molecule has 2 rings (SSSR count). The normalized spacial score (nSPS) is 10.3. The highest BCUT2D eigenvalue weighted by atomic mass is 16.5. The van der Waals surface area contributed by atoms with Gasteiger partial charge in [-0.25, -0.2) is 0 Å². The molecule has 13 heavy (non-hydrogen) atoms. The van der Waals surface area contributed by atoms with Crippen molar-refractivity contribution in [3.05, 3.63) is 36.5 Å². The van der Waals surface area contributed by atoms with E-state index in [9.17, 15) is 5.21 Å². The van der Waals surface area contributed by atoms with E-state index in [1.165, 1.54) is 0 Å². The Bertz CT molecular complexity index is 421. The lowest BCUT2D eigenvalue weighted by molar-refractivity contribution is 0.280. The van der Waals surface area contributed by atoms with Gasteiger partial charge in [-0.3, -0.25) is 15.3 Å². The molecule has 3 heteroatoms. The van der Waals surface area contributed by atoms with E-state index < -0.39 is 0 Å². The van der Waals surface area contributed by atoms with Gasteiger partial charge in [0.1, 0.15) is 0 Å². The standard InChI is InChI=1S/C10H10N2O/c1-12(13)10-6-7-11-9-5-3-2-4-8(9)10/h2-7,13H,1H3. The smallest absolute Gasteiger partial charge is 0.0740 e. The van der Waals surface area contributed by atoms with Gasteiger partial charge in [0.2, 0.25) is 0 Å². The van der Waals surface area contributed by atoms with Gasteiger partial charge in [-0.2, -0.15) is 0 Å². The summed E-state index contributed by atoms with van der Waals surface area (Å²) in [5.41, 5.74) is 1.66. The summed E-state index contributed by atoms with van der Waals surface area (Å²) in [6, 6.07) is 9.49. The van der Waals surface area contributed by atoms with Gasteiger partial charge in [0.25, 0.3) is 0 Å². The number of rotatable bonds is 1. The first-order valence-electron chi connectivity index (χ1n) is 4.05. The number of hydrogen-bond donors (Lipinski definition) is 1.